The van der Waals surface area contributed by atoms with Gasteiger partial charge in [0.05, 0.1) is 12.7 Å². The SMILES string of the molecule is CC(C)NC(C)(C#N)CCCCOc1cc(F)cc(F)c1. The molecule has 0 fully saturated rings. The Morgan fingerprint density at radius 2 is 1.86 bits per heavy atom. The van der Waals surface area contributed by atoms with E-state index in [4.69, 9.17) is 4.74 Å². The minimum atomic E-state index is -0.650. The van der Waals surface area contributed by atoms with Crippen molar-refractivity contribution >= 4 is 0 Å². The normalized spacial score (nSPS) is 13.8. The number of hydrogen-bond acceptors (Lipinski definition) is 3. The molecule has 1 N–H and O–H groups in total. The summed E-state index contributed by atoms with van der Waals surface area (Å²) < 4.78 is 31.2. The smallest absolute Gasteiger partial charge is 0.129 e. The molecule has 0 saturated heterocycles. The Morgan fingerprint density at radius 3 is 2.38 bits per heavy atom. The topological polar surface area (TPSA) is 45.0 Å². The van der Waals surface area contributed by atoms with E-state index in [0.29, 0.717) is 13.0 Å². The van der Waals surface area contributed by atoms with E-state index in [1.165, 1.54) is 0 Å². The zero-order chi connectivity index (χ0) is 15.9. The van der Waals surface area contributed by atoms with Crippen LogP contribution >= 0.6 is 0 Å². The number of nitrogens with zero attached hydrogens (tertiary/aromatic N) is 1. The second kappa shape index (κ2) is 7.94. The van der Waals surface area contributed by atoms with Crippen LogP contribution in [0.3, 0.4) is 0 Å². The Kier molecular flexibility index (Phi) is 6.57. The third-order valence-electron chi connectivity index (χ3n) is 3.03. The Labute approximate surface area is 124 Å². The number of halogens is 2. The molecule has 5 heteroatoms. The second-order valence-corrected chi connectivity index (χ2v) is 5.65. The van der Waals surface area contributed by atoms with Gasteiger partial charge >= 0.3 is 0 Å². The van der Waals surface area contributed by atoms with E-state index < -0.39 is 17.2 Å². The summed E-state index contributed by atoms with van der Waals surface area (Å²) in [5, 5.41) is 12.4. The van der Waals surface area contributed by atoms with Gasteiger partial charge in [-0.15, -0.1) is 0 Å². The minimum Gasteiger partial charge on any atom is -0.493 e. The first-order valence-electron chi connectivity index (χ1n) is 7.12. The third kappa shape index (κ3) is 6.54. The van der Waals surface area contributed by atoms with Gasteiger partial charge in [-0.05, 0) is 40.0 Å². The number of hydrogen-bond donors (Lipinski definition) is 1. The molecule has 0 saturated carbocycles. The van der Waals surface area contributed by atoms with Gasteiger partial charge in [-0.3, -0.25) is 5.32 Å². The van der Waals surface area contributed by atoms with Gasteiger partial charge in [-0.2, -0.15) is 5.26 Å². The molecule has 1 aromatic rings. The summed E-state index contributed by atoms with van der Waals surface area (Å²) in [5.74, 6) is -1.11. The number of benzene rings is 1. The van der Waals surface area contributed by atoms with E-state index >= 15 is 0 Å². The maximum Gasteiger partial charge on any atom is 0.129 e. The predicted molar refractivity (Wildman–Crippen MR) is 78.0 cm³/mol. The van der Waals surface area contributed by atoms with Crippen molar-refractivity contribution in [1.82, 2.24) is 5.32 Å². The molecule has 0 aliphatic heterocycles. The summed E-state index contributed by atoms with van der Waals surface area (Å²) in [4.78, 5) is 0. The van der Waals surface area contributed by atoms with Gasteiger partial charge < -0.3 is 4.74 Å². The van der Waals surface area contributed by atoms with Crippen molar-refractivity contribution in [3.63, 3.8) is 0 Å². The Hall–Kier alpha value is -1.67. The molecule has 21 heavy (non-hydrogen) atoms. The lowest BCUT2D eigenvalue weighted by molar-refractivity contribution is 0.290. The number of nitrogens with one attached hydrogen (secondary N) is 1. The maximum atomic E-state index is 13.0. The van der Waals surface area contributed by atoms with Crippen LogP contribution in [0.5, 0.6) is 5.75 Å². The number of nitriles is 1. The van der Waals surface area contributed by atoms with Gasteiger partial charge in [0.25, 0.3) is 0 Å². The molecule has 0 aliphatic carbocycles. The highest BCUT2D eigenvalue weighted by molar-refractivity contribution is 5.23. The van der Waals surface area contributed by atoms with Crippen LogP contribution in [0.2, 0.25) is 0 Å². The van der Waals surface area contributed by atoms with Crippen molar-refractivity contribution in [3.05, 3.63) is 29.8 Å². The molecule has 0 bridgehead atoms. The average molecular weight is 296 g/mol. The van der Waals surface area contributed by atoms with Crippen molar-refractivity contribution < 1.29 is 13.5 Å². The Morgan fingerprint density at radius 1 is 1.24 bits per heavy atom. The fourth-order valence-corrected chi connectivity index (χ4v) is 2.18. The first-order valence-corrected chi connectivity index (χ1v) is 7.12. The summed E-state index contributed by atoms with van der Waals surface area (Å²) in [6.07, 6.45) is 2.21. The molecular weight excluding hydrogens is 274 g/mol. The van der Waals surface area contributed by atoms with Crippen molar-refractivity contribution in [1.29, 1.82) is 5.26 Å². The molecule has 1 rings (SSSR count). The van der Waals surface area contributed by atoms with Crippen LogP contribution in [0.4, 0.5) is 8.78 Å². The fraction of sp³-hybridized carbons (Fsp3) is 0.562. The predicted octanol–water partition coefficient (Wildman–Crippen LogP) is 3.79. The first kappa shape index (κ1) is 17.4. The highest BCUT2D eigenvalue weighted by Crippen LogP contribution is 2.17. The van der Waals surface area contributed by atoms with Crippen molar-refractivity contribution in [2.24, 2.45) is 0 Å². The van der Waals surface area contributed by atoms with Crippen molar-refractivity contribution in [2.75, 3.05) is 6.61 Å². The molecule has 0 heterocycles. The van der Waals surface area contributed by atoms with E-state index in [1.807, 2.05) is 20.8 Å². The largest absolute Gasteiger partial charge is 0.493 e. The summed E-state index contributed by atoms with van der Waals surface area (Å²) in [6, 6.07) is 5.64. The molecule has 116 valence electrons. The van der Waals surface area contributed by atoms with E-state index in [0.717, 1.165) is 31.0 Å². The maximum absolute atomic E-state index is 13.0. The fourth-order valence-electron chi connectivity index (χ4n) is 2.18. The van der Waals surface area contributed by atoms with E-state index in [9.17, 15) is 14.0 Å². The molecule has 1 aromatic carbocycles. The molecule has 1 unspecified atom stereocenters. The monoisotopic (exact) mass is 296 g/mol. The zero-order valence-electron chi connectivity index (χ0n) is 12.7. The highest BCUT2D eigenvalue weighted by Gasteiger charge is 2.23. The second-order valence-electron chi connectivity index (χ2n) is 5.65. The lowest BCUT2D eigenvalue weighted by Gasteiger charge is -2.25. The third-order valence-corrected chi connectivity index (χ3v) is 3.03. The highest BCUT2D eigenvalue weighted by atomic mass is 19.1. The summed E-state index contributed by atoms with van der Waals surface area (Å²) in [5.41, 5.74) is -0.556. The molecule has 0 spiro atoms. The van der Waals surface area contributed by atoms with Crippen molar-refractivity contribution in [3.8, 4) is 11.8 Å². The molecule has 0 aliphatic rings. The standard InChI is InChI=1S/C16H22F2N2O/c1-12(2)20-16(3,11-19)6-4-5-7-21-15-9-13(17)8-14(18)10-15/h8-10,12,20H,4-7H2,1-3H3. The summed E-state index contributed by atoms with van der Waals surface area (Å²) >= 11 is 0. The van der Waals surface area contributed by atoms with Gasteiger partial charge in [0, 0.05) is 24.2 Å². The van der Waals surface area contributed by atoms with Crippen LogP contribution in [0, 0.1) is 23.0 Å². The van der Waals surface area contributed by atoms with E-state index in [-0.39, 0.29) is 11.8 Å². The molecule has 1 atom stereocenters. The number of rotatable bonds is 8. The Bertz CT molecular complexity index is 479. The van der Waals surface area contributed by atoms with Crippen LogP contribution in [0.25, 0.3) is 0 Å². The van der Waals surface area contributed by atoms with Crippen molar-refractivity contribution in [2.45, 2.75) is 51.6 Å². The van der Waals surface area contributed by atoms with E-state index in [1.54, 1.807) is 0 Å². The van der Waals surface area contributed by atoms with Crippen LogP contribution in [-0.4, -0.2) is 18.2 Å². The summed E-state index contributed by atoms with van der Waals surface area (Å²) in [6.45, 7) is 6.23. The van der Waals surface area contributed by atoms with Crippen LogP contribution in [-0.2, 0) is 0 Å². The molecule has 3 nitrogen and oxygen atoms in total. The van der Waals surface area contributed by atoms with Crippen LogP contribution in [0.15, 0.2) is 18.2 Å². The first-order chi connectivity index (χ1) is 9.84. The minimum absolute atomic E-state index is 0.191. The van der Waals surface area contributed by atoms with Gasteiger partial charge in [-0.1, -0.05) is 0 Å². The van der Waals surface area contributed by atoms with Gasteiger partial charge in [0.15, 0.2) is 0 Å². The number of ether oxygens (including phenoxy) is 1. The molecular formula is C16H22F2N2O. The molecule has 0 aromatic heterocycles. The van der Waals surface area contributed by atoms with Crippen LogP contribution in [0.1, 0.15) is 40.0 Å². The zero-order valence-corrected chi connectivity index (χ0v) is 12.7. The number of unbranched alkanes of at least 4 members (excludes halogenated alkanes) is 1. The molecule has 0 radical (unpaired) electrons. The van der Waals surface area contributed by atoms with Gasteiger partial charge in [0.1, 0.15) is 22.9 Å². The quantitative estimate of drug-likeness (QED) is 0.742. The van der Waals surface area contributed by atoms with Crippen LogP contribution < -0.4 is 10.1 Å². The lowest BCUT2D eigenvalue weighted by atomic mass is 9.96. The van der Waals surface area contributed by atoms with E-state index in [2.05, 4.69) is 11.4 Å². The summed E-state index contributed by atoms with van der Waals surface area (Å²) in [7, 11) is 0. The molecule has 0 amide bonds. The average Bonchev–Trinajstić information content (AvgIpc) is 2.36. The van der Waals surface area contributed by atoms with Gasteiger partial charge in [-0.25, -0.2) is 8.78 Å². The lowest BCUT2D eigenvalue weighted by Crippen LogP contribution is -2.44. The Balaban J connectivity index is 2.32. The van der Waals surface area contributed by atoms with Gasteiger partial charge in [0.2, 0.25) is 0 Å².